The SMILES string of the molecule is CN(CC1CC(Cl)C1)S(=O)(=O)c1cccc(C(F)(F)F)c1. The summed E-state index contributed by atoms with van der Waals surface area (Å²) in [6.07, 6.45) is -3.11. The summed E-state index contributed by atoms with van der Waals surface area (Å²) in [6.45, 7) is 0.266. The first-order valence-corrected chi connectivity index (χ1v) is 8.26. The van der Waals surface area contributed by atoms with Crippen LogP contribution in [0.2, 0.25) is 0 Å². The molecule has 0 heterocycles. The van der Waals surface area contributed by atoms with E-state index >= 15 is 0 Å². The molecule has 1 fully saturated rings. The van der Waals surface area contributed by atoms with Gasteiger partial charge in [0.25, 0.3) is 0 Å². The van der Waals surface area contributed by atoms with Gasteiger partial charge >= 0.3 is 6.18 Å². The molecule has 3 nitrogen and oxygen atoms in total. The highest BCUT2D eigenvalue weighted by Gasteiger charge is 2.34. The average Bonchev–Trinajstić information content (AvgIpc) is 2.36. The summed E-state index contributed by atoms with van der Waals surface area (Å²) in [6, 6.07) is 3.79. The predicted octanol–water partition coefficient (Wildman–Crippen LogP) is 3.34. The van der Waals surface area contributed by atoms with Crippen molar-refractivity contribution in [2.75, 3.05) is 13.6 Å². The Hall–Kier alpha value is -0.790. The fraction of sp³-hybridized carbons (Fsp3) is 0.538. The molecule has 1 aromatic carbocycles. The summed E-state index contributed by atoms with van der Waals surface area (Å²) >= 11 is 5.84. The molecule has 1 aromatic rings. The van der Waals surface area contributed by atoms with E-state index in [1.165, 1.54) is 13.1 Å². The first-order chi connectivity index (χ1) is 9.60. The van der Waals surface area contributed by atoms with Gasteiger partial charge in [0.2, 0.25) is 10.0 Å². The maximum absolute atomic E-state index is 12.7. The molecule has 0 spiro atoms. The standard InChI is InChI=1S/C13H15ClF3NO2S/c1-18(8-9-5-11(14)6-9)21(19,20)12-4-2-3-10(7-12)13(15,16)17/h2-4,7,9,11H,5-6,8H2,1H3. The summed E-state index contributed by atoms with van der Waals surface area (Å²) in [5.74, 6) is 0.165. The molecule has 1 aliphatic carbocycles. The minimum absolute atomic E-state index is 0.0691. The second-order valence-corrected chi connectivity index (χ2v) is 7.91. The van der Waals surface area contributed by atoms with Crippen molar-refractivity contribution in [1.82, 2.24) is 4.31 Å². The molecule has 0 radical (unpaired) electrons. The lowest BCUT2D eigenvalue weighted by molar-refractivity contribution is -0.137. The van der Waals surface area contributed by atoms with E-state index in [9.17, 15) is 21.6 Å². The van der Waals surface area contributed by atoms with E-state index in [4.69, 9.17) is 11.6 Å². The number of nitrogens with zero attached hydrogens (tertiary/aromatic N) is 1. The first kappa shape index (κ1) is 16.6. The normalized spacial score (nSPS) is 23.1. The number of hydrogen-bond donors (Lipinski definition) is 0. The van der Waals surface area contributed by atoms with Crippen molar-refractivity contribution in [3.8, 4) is 0 Å². The molecule has 2 rings (SSSR count). The molecular weight excluding hydrogens is 327 g/mol. The van der Waals surface area contributed by atoms with Gasteiger partial charge in [-0.15, -0.1) is 11.6 Å². The van der Waals surface area contributed by atoms with E-state index in [-0.39, 0.29) is 22.7 Å². The maximum Gasteiger partial charge on any atom is 0.416 e. The van der Waals surface area contributed by atoms with Crippen LogP contribution in [0.1, 0.15) is 18.4 Å². The van der Waals surface area contributed by atoms with E-state index in [0.717, 1.165) is 29.3 Å². The summed E-state index contributed by atoms with van der Waals surface area (Å²) in [5, 5.41) is 0.0691. The minimum Gasteiger partial charge on any atom is -0.207 e. The van der Waals surface area contributed by atoms with Gasteiger partial charge in [-0.05, 0) is 37.0 Å². The molecule has 0 unspecified atom stereocenters. The molecule has 0 aliphatic heterocycles. The van der Waals surface area contributed by atoms with Gasteiger partial charge in [0.15, 0.2) is 0 Å². The Bertz CT molecular complexity index is 612. The van der Waals surface area contributed by atoms with Gasteiger partial charge in [-0.1, -0.05) is 6.07 Å². The summed E-state index contributed by atoms with van der Waals surface area (Å²) < 4.78 is 63.6. The predicted molar refractivity (Wildman–Crippen MR) is 73.6 cm³/mol. The zero-order valence-corrected chi connectivity index (χ0v) is 12.8. The second kappa shape index (κ2) is 5.78. The molecule has 0 amide bonds. The first-order valence-electron chi connectivity index (χ1n) is 6.38. The molecule has 21 heavy (non-hydrogen) atoms. The Balaban J connectivity index is 2.19. The summed E-state index contributed by atoms with van der Waals surface area (Å²) in [7, 11) is -2.55. The van der Waals surface area contributed by atoms with Crippen molar-refractivity contribution < 1.29 is 21.6 Å². The summed E-state index contributed by atoms with van der Waals surface area (Å²) in [4.78, 5) is -0.346. The quantitative estimate of drug-likeness (QED) is 0.788. The van der Waals surface area contributed by atoms with Crippen LogP contribution in [0.5, 0.6) is 0 Å². The van der Waals surface area contributed by atoms with Crippen molar-refractivity contribution in [3.05, 3.63) is 29.8 Å². The monoisotopic (exact) mass is 341 g/mol. The Morgan fingerprint density at radius 1 is 1.33 bits per heavy atom. The Kier molecular flexibility index (Phi) is 4.56. The van der Waals surface area contributed by atoms with Crippen molar-refractivity contribution in [2.45, 2.75) is 29.3 Å². The zero-order valence-electron chi connectivity index (χ0n) is 11.3. The fourth-order valence-corrected chi connectivity index (χ4v) is 4.08. The minimum atomic E-state index is -4.57. The Labute approximate surface area is 126 Å². The molecule has 1 saturated carbocycles. The lowest BCUT2D eigenvalue weighted by Crippen LogP contribution is -2.37. The number of sulfonamides is 1. The molecule has 8 heteroatoms. The van der Waals surface area contributed by atoms with Gasteiger partial charge in [0.1, 0.15) is 0 Å². The highest BCUT2D eigenvalue weighted by Crippen LogP contribution is 2.34. The van der Waals surface area contributed by atoms with Gasteiger partial charge in [0, 0.05) is 19.0 Å². The van der Waals surface area contributed by atoms with E-state index < -0.39 is 21.8 Å². The van der Waals surface area contributed by atoms with Crippen LogP contribution in [0.25, 0.3) is 0 Å². The van der Waals surface area contributed by atoms with Crippen molar-refractivity contribution >= 4 is 21.6 Å². The largest absolute Gasteiger partial charge is 0.416 e. The lowest BCUT2D eigenvalue weighted by atomic mass is 9.85. The average molecular weight is 342 g/mol. The van der Waals surface area contributed by atoms with Gasteiger partial charge in [-0.3, -0.25) is 0 Å². The molecule has 0 N–H and O–H groups in total. The Morgan fingerprint density at radius 3 is 2.48 bits per heavy atom. The number of alkyl halides is 4. The number of benzene rings is 1. The van der Waals surface area contributed by atoms with Crippen LogP contribution in [0.15, 0.2) is 29.2 Å². The van der Waals surface area contributed by atoms with Crippen molar-refractivity contribution in [2.24, 2.45) is 5.92 Å². The van der Waals surface area contributed by atoms with Crippen LogP contribution in [0.4, 0.5) is 13.2 Å². The van der Waals surface area contributed by atoms with Gasteiger partial charge in [-0.25, -0.2) is 12.7 Å². The van der Waals surface area contributed by atoms with Crippen LogP contribution >= 0.6 is 11.6 Å². The van der Waals surface area contributed by atoms with Crippen molar-refractivity contribution in [1.29, 1.82) is 0 Å². The van der Waals surface area contributed by atoms with E-state index in [2.05, 4.69) is 0 Å². The lowest BCUT2D eigenvalue weighted by Gasteiger charge is -2.33. The number of rotatable bonds is 4. The number of hydrogen-bond acceptors (Lipinski definition) is 2. The van der Waals surface area contributed by atoms with Gasteiger partial charge < -0.3 is 0 Å². The Morgan fingerprint density at radius 2 is 1.95 bits per heavy atom. The van der Waals surface area contributed by atoms with E-state index in [0.29, 0.717) is 6.07 Å². The van der Waals surface area contributed by atoms with Crippen LogP contribution < -0.4 is 0 Å². The molecule has 0 saturated heterocycles. The van der Waals surface area contributed by atoms with Gasteiger partial charge in [0.05, 0.1) is 10.5 Å². The van der Waals surface area contributed by atoms with Crippen molar-refractivity contribution in [3.63, 3.8) is 0 Å². The summed E-state index contributed by atoms with van der Waals surface area (Å²) in [5.41, 5.74) is -0.971. The highest BCUT2D eigenvalue weighted by molar-refractivity contribution is 7.89. The van der Waals surface area contributed by atoms with Gasteiger partial charge in [-0.2, -0.15) is 13.2 Å². The fourth-order valence-electron chi connectivity index (χ4n) is 2.28. The van der Waals surface area contributed by atoms with Crippen LogP contribution in [-0.2, 0) is 16.2 Å². The third-order valence-corrected chi connectivity index (χ3v) is 5.74. The molecule has 0 aromatic heterocycles. The van der Waals surface area contributed by atoms with Crippen LogP contribution in [0.3, 0.4) is 0 Å². The molecule has 118 valence electrons. The molecule has 1 aliphatic rings. The zero-order chi connectivity index (χ0) is 15.8. The maximum atomic E-state index is 12.7. The smallest absolute Gasteiger partial charge is 0.207 e. The second-order valence-electron chi connectivity index (χ2n) is 5.25. The molecular formula is C13H15ClF3NO2S. The third-order valence-electron chi connectivity index (χ3n) is 3.56. The molecule has 0 bridgehead atoms. The van der Waals surface area contributed by atoms with Crippen LogP contribution in [0, 0.1) is 5.92 Å². The third kappa shape index (κ3) is 3.70. The number of halogens is 4. The van der Waals surface area contributed by atoms with Crippen LogP contribution in [-0.4, -0.2) is 31.7 Å². The highest BCUT2D eigenvalue weighted by atomic mass is 35.5. The molecule has 0 atom stereocenters. The van der Waals surface area contributed by atoms with E-state index in [1.807, 2.05) is 0 Å². The van der Waals surface area contributed by atoms with E-state index in [1.54, 1.807) is 0 Å². The topological polar surface area (TPSA) is 37.4 Å².